The van der Waals surface area contributed by atoms with Gasteiger partial charge < -0.3 is 0 Å². The third-order valence-electron chi connectivity index (χ3n) is 4.95. The van der Waals surface area contributed by atoms with E-state index in [1.165, 1.54) is 33.6 Å². The summed E-state index contributed by atoms with van der Waals surface area (Å²) in [5.41, 5.74) is 2.88. The van der Waals surface area contributed by atoms with Crippen molar-refractivity contribution in [1.82, 2.24) is 18.9 Å². The van der Waals surface area contributed by atoms with Crippen molar-refractivity contribution in [2.24, 2.45) is 0 Å². The van der Waals surface area contributed by atoms with Crippen molar-refractivity contribution >= 4 is 39.0 Å². The van der Waals surface area contributed by atoms with Crippen LogP contribution in [0.5, 0.6) is 0 Å². The van der Waals surface area contributed by atoms with E-state index in [0.717, 1.165) is 10.4 Å². The van der Waals surface area contributed by atoms with Crippen LogP contribution < -0.4 is 11.1 Å². The normalized spacial score (nSPS) is 11.4. The third-order valence-corrected chi connectivity index (χ3v) is 7.12. The minimum Gasteiger partial charge on any atom is -0.287 e. The average molecular weight is 447 g/mol. The van der Waals surface area contributed by atoms with Gasteiger partial charge in [0.2, 0.25) is 0 Å². The van der Waals surface area contributed by atoms with E-state index in [4.69, 9.17) is 4.98 Å². The summed E-state index contributed by atoms with van der Waals surface area (Å²) in [6, 6.07) is 19.0. The van der Waals surface area contributed by atoms with Gasteiger partial charge in [0, 0.05) is 29.4 Å². The molecule has 154 valence electrons. The highest BCUT2D eigenvalue weighted by molar-refractivity contribution is 7.98. The average Bonchev–Trinajstić information content (AvgIpc) is 3.23. The number of rotatable bonds is 5. The summed E-state index contributed by atoms with van der Waals surface area (Å²) in [6.45, 7) is 2.46. The molecule has 0 aliphatic heterocycles. The molecule has 0 aliphatic carbocycles. The van der Waals surface area contributed by atoms with Gasteiger partial charge in [0.05, 0.1) is 11.2 Å². The van der Waals surface area contributed by atoms with Crippen LogP contribution in [0, 0.1) is 0 Å². The van der Waals surface area contributed by atoms with Gasteiger partial charge >= 0.3 is 0 Å². The first-order chi connectivity index (χ1) is 15.1. The fourth-order valence-electron chi connectivity index (χ4n) is 3.44. The monoisotopic (exact) mass is 446 g/mol. The highest BCUT2D eigenvalue weighted by Crippen LogP contribution is 2.32. The quantitative estimate of drug-likeness (QED) is 0.295. The second-order valence-electron chi connectivity index (χ2n) is 6.94. The van der Waals surface area contributed by atoms with Gasteiger partial charge in [0.15, 0.2) is 5.16 Å². The van der Waals surface area contributed by atoms with Crippen LogP contribution in [0.2, 0.25) is 0 Å². The first-order valence-corrected chi connectivity index (χ1v) is 11.6. The Morgan fingerprint density at radius 3 is 2.61 bits per heavy atom. The standard InChI is InChI=1S/C23H18N4O2S2/c1-2-26-22(29)21-17(13-18(31-21)15-8-4-3-5-9-15)25-23(26)30-14-16-12-20(28)27-11-7-6-10-19(27)24-16/h3-13H,2,14H2,1H3. The van der Waals surface area contributed by atoms with E-state index in [-0.39, 0.29) is 11.1 Å². The summed E-state index contributed by atoms with van der Waals surface area (Å²) in [5, 5.41) is 0.632. The summed E-state index contributed by atoms with van der Waals surface area (Å²) in [4.78, 5) is 35.8. The Hall–Kier alpha value is -3.23. The molecule has 5 aromatic rings. The van der Waals surface area contributed by atoms with E-state index in [2.05, 4.69) is 4.98 Å². The lowest BCUT2D eigenvalue weighted by Gasteiger charge is -2.09. The van der Waals surface area contributed by atoms with Crippen molar-refractivity contribution < 1.29 is 0 Å². The lowest BCUT2D eigenvalue weighted by molar-refractivity contribution is 0.635. The molecule has 0 N–H and O–H groups in total. The number of aromatic nitrogens is 4. The minimum absolute atomic E-state index is 0.0336. The third kappa shape index (κ3) is 3.68. The van der Waals surface area contributed by atoms with E-state index in [9.17, 15) is 9.59 Å². The molecular weight excluding hydrogens is 428 g/mol. The molecule has 4 aromatic heterocycles. The maximum Gasteiger partial charge on any atom is 0.272 e. The molecule has 0 atom stereocenters. The maximum atomic E-state index is 13.1. The lowest BCUT2D eigenvalue weighted by Crippen LogP contribution is -2.21. The van der Waals surface area contributed by atoms with Crippen LogP contribution in [0.1, 0.15) is 12.6 Å². The molecule has 5 rings (SSSR count). The molecule has 6 nitrogen and oxygen atoms in total. The molecule has 0 amide bonds. The summed E-state index contributed by atoms with van der Waals surface area (Å²) >= 11 is 2.89. The van der Waals surface area contributed by atoms with Gasteiger partial charge in [-0.25, -0.2) is 9.97 Å². The summed E-state index contributed by atoms with van der Waals surface area (Å²) in [6.07, 6.45) is 1.70. The molecule has 0 saturated heterocycles. The van der Waals surface area contributed by atoms with Crippen LogP contribution in [0.4, 0.5) is 0 Å². The molecule has 0 spiro atoms. The molecule has 4 heterocycles. The number of thioether (sulfide) groups is 1. The molecule has 0 aliphatic rings. The van der Waals surface area contributed by atoms with Crippen LogP contribution >= 0.6 is 23.1 Å². The summed E-state index contributed by atoms with van der Waals surface area (Å²) < 4.78 is 3.86. The molecule has 31 heavy (non-hydrogen) atoms. The number of fused-ring (bicyclic) bond motifs is 2. The Morgan fingerprint density at radius 2 is 1.81 bits per heavy atom. The lowest BCUT2D eigenvalue weighted by atomic mass is 10.2. The zero-order chi connectivity index (χ0) is 21.4. The van der Waals surface area contributed by atoms with Crippen molar-refractivity contribution in [3.63, 3.8) is 0 Å². The van der Waals surface area contributed by atoms with E-state index in [1.807, 2.05) is 49.4 Å². The fourth-order valence-corrected chi connectivity index (χ4v) is 5.45. The van der Waals surface area contributed by atoms with E-state index >= 15 is 0 Å². The Balaban J connectivity index is 1.52. The Bertz CT molecular complexity index is 1520. The number of thiophene rings is 1. The molecule has 0 unspecified atom stereocenters. The van der Waals surface area contributed by atoms with Crippen LogP contribution in [-0.4, -0.2) is 18.9 Å². The number of nitrogens with zero attached hydrogens (tertiary/aromatic N) is 4. The van der Waals surface area contributed by atoms with E-state index in [1.54, 1.807) is 22.9 Å². The van der Waals surface area contributed by atoms with Gasteiger partial charge in [0.25, 0.3) is 11.1 Å². The van der Waals surface area contributed by atoms with Gasteiger partial charge in [-0.05, 0) is 30.7 Å². The number of hydrogen-bond acceptors (Lipinski definition) is 6. The largest absolute Gasteiger partial charge is 0.287 e. The molecule has 8 heteroatoms. The fraction of sp³-hybridized carbons (Fsp3) is 0.130. The van der Waals surface area contributed by atoms with Crippen molar-refractivity contribution in [2.75, 3.05) is 0 Å². The molecule has 0 saturated carbocycles. The number of hydrogen-bond donors (Lipinski definition) is 0. The van der Waals surface area contributed by atoms with Crippen molar-refractivity contribution in [3.05, 3.63) is 93.3 Å². The van der Waals surface area contributed by atoms with E-state index in [0.29, 0.717) is 39.0 Å². The zero-order valence-electron chi connectivity index (χ0n) is 16.7. The Morgan fingerprint density at radius 1 is 1.00 bits per heavy atom. The van der Waals surface area contributed by atoms with Gasteiger partial charge in [0.1, 0.15) is 10.3 Å². The van der Waals surface area contributed by atoms with E-state index < -0.39 is 0 Å². The van der Waals surface area contributed by atoms with Crippen molar-refractivity contribution in [3.8, 4) is 10.4 Å². The molecule has 1 aromatic carbocycles. The summed E-state index contributed by atoms with van der Waals surface area (Å²) in [7, 11) is 0. The predicted octanol–water partition coefficient (Wildman–Crippen LogP) is 4.45. The Kier molecular flexibility index (Phi) is 5.17. The smallest absolute Gasteiger partial charge is 0.272 e. The van der Waals surface area contributed by atoms with Crippen LogP contribution in [-0.2, 0) is 12.3 Å². The van der Waals surface area contributed by atoms with Gasteiger partial charge in [-0.1, -0.05) is 48.2 Å². The van der Waals surface area contributed by atoms with Crippen LogP contribution in [0.3, 0.4) is 0 Å². The first-order valence-electron chi connectivity index (χ1n) is 9.84. The molecule has 0 radical (unpaired) electrons. The van der Waals surface area contributed by atoms with Crippen LogP contribution in [0.25, 0.3) is 26.3 Å². The zero-order valence-corrected chi connectivity index (χ0v) is 18.3. The van der Waals surface area contributed by atoms with Crippen molar-refractivity contribution in [2.45, 2.75) is 24.4 Å². The second-order valence-corrected chi connectivity index (χ2v) is 8.93. The molecule has 0 bridgehead atoms. The van der Waals surface area contributed by atoms with Gasteiger partial charge in [-0.15, -0.1) is 11.3 Å². The number of benzene rings is 1. The topological polar surface area (TPSA) is 69.3 Å². The van der Waals surface area contributed by atoms with Crippen LogP contribution in [0.15, 0.2) is 81.6 Å². The molecule has 0 fully saturated rings. The Labute approximate surface area is 185 Å². The first kappa shape index (κ1) is 19.7. The van der Waals surface area contributed by atoms with Gasteiger partial charge in [-0.2, -0.15) is 0 Å². The highest BCUT2D eigenvalue weighted by atomic mass is 32.2. The van der Waals surface area contributed by atoms with Gasteiger partial charge in [-0.3, -0.25) is 18.6 Å². The predicted molar refractivity (Wildman–Crippen MR) is 126 cm³/mol. The highest BCUT2D eigenvalue weighted by Gasteiger charge is 2.15. The summed E-state index contributed by atoms with van der Waals surface area (Å²) in [5.74, 6) is 0.453. The minimum atomic E-state index is -0.122. The number of pyridine rings is 1. The molecular formula is C23H18N4O2S2. The SMILES string of the molecule is CCn1c(SCc2cc(=O)n3ccccc3n2)nc2cc(-c3ccccc3)sc2c1=O. The maximum absolute atomic E-state index is 13.1. The second kappa shape index (κ2) is 8.13. The van der Waals surface area contributed by atoms with Crippen molar-refractivity contribution in [1.29, 1.82) is 0 Å².